The van der Waals surface area contributed by atoms with E-state index in [1.54, 1.807) is 0 Å². The third-order valence-corrected chi connectivity index (χ3v) is 15.3. The molecule has 5 aromatic rings. The number of phenolic OH excluding ortho intramolecular Hbond substituents is 7. The number of carbonyl (C=O) groups is 5. The summed E-state index contributed by atoms with van der Waals surface area (Å²) in [7, 11) is 0. The summed E-state index contributed by atoms with van der Waals surface area (Å²) in [5.74, 6) is -15.5. The first-order valence-electron chi connectivity index (χ1n) is 28.7. The third-order valence-electron chi connectivity index (χ3n) is 15.3. The van der Waals surface area contributed by atoms with Gasteiger partial charge in [0, 0.05) is 36.4 Å². The molecule has 37 heteroatoms. The number of aliphatic carboxylic acids is 2. The fourth-order valence-electron chi connectivity index (χ4n) is 10.1. The number of esters is 3. The van der Waals surface area contributed by atoms with Crippen LogP contribution in [0.2, 0.25) is 0 Å². The molecule has 4 aliphatic heterocycles. The molecule has 9 rings (SSSR count). The number of carboxylic acid groups (broad SMARTS) is 2. The lowest BCUT2D eigenvalue weighted by molar-refractivity contribution is -0.358. The van der Waals surface area contributed by atoms with Gasteiger partial charge in [-0.25, -0.2) is 18.8 Å². The maximum atomic E-state index is 13.4. The third kappa shape index (κ3) is 16.3. The molecular formula is C60H63O37+. The Hall–Kier alpha value is -9.52. The van der Waals surface area contributed by atoms with Gasteiger partial charge < -0.3 is 154 Å². The predicted molar refractivity (Wildman–Crippen MR) is 309 cm³/mol. The van der Waals surface area contributed by atoms with Crippen molar-refractivity contribution in [3.63, 3.8) is 0 Å². The van der Waals surface area contributed by atoms with Crippen LogP contribution in [-0.2, 0) is 61.9 Å². The number of ether oxygens (including phenoxy) is 11. The number of aliphatic hydroxyl groups excluding tert-OH is 11. The molecule has 97 heavy (non-hydrogen) atoms. The van der Waals surface area contributed by atoms with Gasteiger partial charge in [0.05, 0.1) is 18.2 Å². The van der Waals surface area contributed by atoms with Crippen LogP contribution < -0.4 is 14.2 Å². The molecule has 4 fully saturated rings. The minimum atomic E-state index is -2.41. The molecule has 4 aromatic carbocycles. The second-order valence-electron chi connectivity index (χ2n) is 22.0. The van der Waals surface area contributed by atoms with Crippen LogP contribution in [0.15, 0.2) is 83.3 Å². The molecule has 0 aliphatic carbocycles. The van der Waals surface area contributed by atoms with Crippen molar-refractivity contribution in [1.82, 2.24) is 0 Å². The standard InChI is InChI=1S/C60H62O37/c61-17-34-42(74)47(79)54(95-39(71)8-4-21-2-6-26(63)29(66)10-21)60(92-34)97-55-48(80)44(76)36(19-87-40(72)16-37(68)69)94-59(55)91-33-15-24-27(64)13-23(88-57-50(82)45(77)43(75)35(93-57)18-86-38(70)7-3-20-1-5-25(62)28(65)9-20)14-31(24)89-52(33)22-11-30(67)41(73)32(12-22)90-58-51(83)46(78)49(81)53(96-58)56(84)85/h1-15,34-36,42-51,53-55,57-61,74-83H,16-19H2,(H8-,62,63,64,65,66,67,68,69,70,71,73,84,85)/p+1. The highest BCUT2D eigenvalue weighted by Crippen LogP contribution is 2.47. The molecule has 20 unspecified atom stereocenters. The topological polar surface area (TPSA) is 603 Å². The summed E-state index contributed by atoms with van der Waals surface area (Å²) in [5.41, 5.74) is -0.691. The van der Waals surface area contributed by atoms with Crippen molar-refractivity contribution in [2.24, 2.45) is 0 Å². The van der Waals surface area contributed by atoms with E-state index in [1.807, 2.05) is 0 Å². The lowest BCUT2D eigenvalue weighted by atomic mass is 9.97. The summed E-state index contributed by atoms with van der Waals surface area (Å²) >= 11 is 0. The molecule has 20 N–H and O–H groups in total. The lowest BCUT2D eigenvalue weighted by Gasteiger charge is -2.46. The molecule has 0 bridgehead atoms. The monoisotopic (exact) mass is 1380 g/mol. The first kappa shape index (κ1) is 71.8. The summed E-state index contributed by atoms with van der Waals surface area (Å²) in [5, 5.41) is 212. The van der Waals surface area contributed by atoms with Crippen molar-refractivity contribution in [3.8, 4) is 68.8 Å². The number of aromatic hydroxyl groups is 7. The highest BCUT2D eigenvalue weighted by Gasteiger charge is 2.55. The number of aliphatic hydroxyl groups is 11. The van der Waals surface area contributed by atoms with Crippen molar-refractivity contribution in [3.05, 3.63) is 90.0 Å². The van der Waals surface area contributed by atoms with E-state index in [4.69, 9.17) is 56.5 Å². The molecule has 0 radical (unpaired) electrons. The Morgan fingerprint density at radius 1 is 0.485 bits per heavy atom. The zero-order chi connectivity index (χ0) is 70.6. The van der Waals surface area contributed by atoms with E-state index in [0.29, 0.717) is 0 Å². The first-order valence-corrected chi connectivity index (χ1v) is 28.7. The minimum absolute atomic E-state index is 0.117. The average molecular weight is 1380 g/mol. The van der Waals surface area contributed by atoms with Gasteiger partial charge in [-0.15, -0.1) is 0 Å². The Labute approximate surface area is 542 Å². The van der Waals surface area contributed by atoms with E-state index in [9.17, 15) is 126 Å². The van der Waals surface area contributed by atoms with Crippen LogP contribution in [0, 0.1) is 0 Å². The van der Waals surface area contributed by atoms with Gasteiger partial charge in [-0.1, -0.05) is 12.1 Å². The van der Waals surface area contributed by atoms with E-state index in [1.165, 1.54) is 18.2 Å². The van der Waals surface area contributed by atoms with Crippen molar-refractivity contribution in [2.75, 3.05) is 19.8 Å². The summed E-state index contributed by atoms with van der Waals surface area (Å²) in [4.78, 5) is 62.0. The van der Waals surface area contributed by atoms with Gasteiger partial charge in [0.2, 0.25) is 30.4 Å². The smallest absolute Gasteiger partial charge is 0.402 e. The predicted octanol–water partition coefficient (Wildman–Crippen LogP) is -3.67. The number of hydrogen-bond donors (Lipinski definition) is 20. The quantitative estimate of drug-likeness (QED) is 0.00793. The number of rotatable bonds is 22. The normalized spacial score (nSPS) is 30.5. The van der Waals surface area contributed by atoms with E-state index in [-0.39, 0.29) is 11.1 Å². The van der Waals surface area contributed by atoms with Gasteiger partial charge in [0.1, 0.15) is 116 Å². The number of benzene rings is 4. The minimum Gasteiger partial charge on any atom is -0.507 e. The van der Waals surface area contributed by atoms with Crippen molar-refractivity contribution >= 4 is 53.0 Å². The van der Waals surface area contributed by atoms with Crippen LogP contribution in [0.1, 0.15) is 17.5 Å². The number of carbonyl (C=O) groups excluding carboxylic acids is 3. The lowest BCUT2D eigenvalue weighted by Crippen LogP contribution is -2.65. The highest BCUT2D eigenvalue weighted by atomic mass is 16.8. The van der Waals surface area contributed by atoms with Crippen LogP contribution in [0.5, 0.6) is 57.5 Å². The first-order chi connectivity index (χ1) is 45.9. The van der Waals surface area contributed by atoms with Crippen molar-refractivity contribution in [2.45, 2.75) is 129 Å². The number of phenols is 7. The van der Waals surface area contributed by atoms with E-state index >= 15 is 0 Å². The Balaban J connectivity index is 1.10. The molecule has 37 nitrogen and oxygen atoms in total. The van der Waals surface area contributed by atoms with E-state index < -0.39 is 259 Å². The molecule has 524 valence electrons. The van der Waals surface area contributed by atoms with Crippen LogP contribution in [0.25, 0.3) is 34.4 Å². The van der Waals surface area contributed by atoms with Crippen LogP contribution in [0.4, 0.5) is 0 Å². The van der Waals surface area contributed by atoms with Crippen molar-refractivity contribution < 1.29 is 183 Å². The molecule has 20 atom stereocenters. The fourth-order valence-corrected chi connectivity index (χ4v) is 10.1. The summed E-state index contributed by atoms with van der Waals surface area (Å²) in [6.07, 6.45) is -40.3. The van der Waals surface area contributed by atoms with Gasteiger partial charge in [-0.05, 0) is 47.5 Å². The average Bonchev–Trinajstić information content (AvgIpc) is 0.766. The van der Waals surface area contributed by atoms with E-state index in [0.717, 1.165) is 72.8 Å². The zero-order valence-electron chi connectivity index (χ0n) is 49.4. The van der Waals surface area contributed by atoms with Crippen LogP contribution in [-0.4, -0.2) is 275 Å². The molecule has 0 spiro atoms. The largest absolute Gasteiger partial charge is 0.507 e. The Bertz CT molecular complexity index is 3760. The second-order valence-corrected chi connectivity index (χ2v) is 22.0. The van der Waals surface area contributed by atoms with Gasteiger partial charge in [-0.2, -0.15) is 0 Å². The maximum Gasteiger partial charge on any atom is 0.402 e. The van der Waals surface area contributed by atoms with Crippen LogP contribution in [0.3, 0.4) is 0 Å². The highest BCUT2D eigenvalue weighted by molar-refractivity contribution is 5.91. The maximum absolute atomic E-state index is 13.4. The molecule has 4 aliphatic rings. The van der Waals surface area contributed by atoms with Crippen molar-refractivity contribution in [1.29, 1.82) is 0 Å². The number of carboxylic acids is 2. The molecule has 5 heterocycles. The summed E-state index contributed by atoms with van der Waals surface area (Å²) in [6.45, 7) is -2.96. The van der Waals surface area contributed by atoms with E-state index in [2.05, 4.69) is 0 Å². The second kappa shape index (κ2) is 30.3. The zero-order valence-corrected chi connectivity index (χ0v) is 49.4. The fraction of sp³-hybridized carbons (Fsp3) is 0.400. The molecular weight excluding hydrogens is 1310 g/mol. The van der Waals surface area contributed by atoms with Gasteiger partial charge >= 0.3 is 41.2 Å². The SMILES string of the molecule is O=C(O)CC(=O)OCC1OC(Oc2cc3c(O)cc(OC4OC(COC(=O)C=Cc5ccc(O)c(O)c5)C(O)C(O)C4O)cc3[o+]c2-c2cc(O)c(O)c(OC3OC(C(=O)O)C(O)C(O)C3O)c2)C(OC2OC(CO)C(O)C(O)C2OC(=O)C=Cc2ccc(O)c(O)c2)C(O)C1O. The summed E-state index contributed by atoms with van der Waals surface area (Å²) < 4.78 is 68.3. The van der Waals surface area contributed by atoms with Gasteiger partial charge in [-0.3, -0.25) is 9.59 Å². The Morgan fingerprint density at radius 3 is 1.64 bits per heavy atom. The Kier molecular flexibility index (Phi) is 22.4. The number of fused-ring (bicyclic) bond motifs is 1. The van der Waals surface area contributed by atoms with Crippen LogP contribution >= 0.6 is 0 Å². The Morgan fingerprint density at radius 2 is 1.03 bits per heavy atom. The molecule has 1 aromatic heterocycles. The molecule has 0 saturated carbocycles. The van der Waals surface area contributed by atoms with Gasteiger partial charge in [0.25, 0.3) is 0 Å². The molecule has 0 amide bonds. The van der Waals surface area contributed by atoms with Gasteiger partial charge in [0.15, 0.2) is 59.1 Å². The molecule has 4 saturated heterocycles. The summed E-state index contributed by atoms with van der Waals surface area (Å²) in [6, 6.07) is 11.3. The number of hydrogen-bond acceptors (Lipinski definition) is 34.